The molecular weight excluding hydrogens is 402 g/mol. The number of benzene rings is 2. The average molecular weight is 428 g/mol. The summed E-state index contributed by atoms with van der Waals surface area (Å²) in [6.45, 7) is 2.84. The molecule has 1 aromatic heterocycles. The summed E-state index contributed by atoms with van der Waals surface area (Å²) in [6, 6.07) is 11.4. The van der Waals surface area contributed by atoms with Crippen LogP contribution in [0.5, 0.6) is 17.2 Å². The summed E-state index contributed by atoms with van der Waals surface area (Å²) in [5.74, 6) is 2.43. The van der Waals surface area contributed by atoms with Crippen LogP contribution < -0.4 is 19.1 Å². The van der Waals surface area contributed by atoms with Crippen molar-refractivity contribution in [2.75, 3.05) is 52.4 Å². The number of hydrogen-bond donors (Lipinski definition) is 0. The molecule has 1 fully saturated rings. The average Bonchev–Trinajstić information content (AvgIpc) is 3.24. The van der Waals surface area contributed by atoms with Gasteiger partial charge in [0.05, 0.1) is 27.8 Å². The molecule has 2 heterocycles. The third-order valence-electron chi connectivity index (χ3n) is 5.29. The van der Waals surface area contributed by atoms with Gasteiger partial charge in [-0.3, -0.25) is 4.79 Å². The van der Waals surface area contributed by atoms with Gasteiger partial charge in [-0.15, -0.1) is 0 Å². The van der Waals surface area contributed by atoms with Gasteiger partial charge in [0.1, 0.15) is 27.5 Å². The second-order valence-electron chi connectivity index (χ2n) is 7.04. The monoisotopic (exact) mass is 427 g/mol. The highest BCUT2D eigenvalue weighted by atomic mass is 32.1. The number of ether oxygens (including phenoxy) is 3. The molecule has 0 atom stereocenters. The summed E-state index contributed by atoms with van der Waals surface area (Å²) >= 11 is 1.59. The van der Waals surface area contributed by atoms with Crippen LogP contribution in [-0.2, 0) is 11.2 Å². The van der Waals surface area contributed by atoms with Crippen LogP contribution in [0, 0.1) is 0 Å². The van der Waals surface area contributed by atoms with Crippen LogP contribution >= 0.6 is 11.3 Å². The number of rotatable bonds is 6. The quantitative estimate of drug-likeness (QED) is 0.602. The van der Waals surface area contributed by atoms with E-state index in [1.807, 2.05) is 41.3 Å². The first-order chi connectivity index (χ1) is 14.6. The number of aromatic nitrogens is 1. The highest BCUT2D eigenvalue weighted by Gasteiger charge is 2.24. The molecule has 1 saturated heterocycles. The number of anilines is 1. The minimum Gasteiger partial charge on any atom is -0.497 e. The molecule has 0 bridgehead atoms. The minimum absolute atomic E-state index is 0.135. The maximum absolute atomic E-state index is 12.7. The molecule has 0 aliphatic carbocycles. The predicted molar refractivity (Wildman–Crippen MR) is 118 cm³/mol. The Hall–Kier alpha value is -3.00. The Morgan fingerprint density at radius 3 is 2.43 bits per heavy atom. The lowest BCUT2D eigenvalue weighted by atomic mass is 10.1. The normalized spacial score (nSPS) is 14.1. The number of thiazole rings is 1. The maximum atomic E-state index is 12.7. The standard InChI is InChI=1S/C22H25N3O4S/c1-27-16-6-4-5-15(13-16)14-19(26)24-9-11-25(12-10-24)22-23-20-17(28-2)7-8-18(29-3)21(20)30-22/h4-8,13H,9-12,14H2,1-3H3. The van der Waals surface area contributed by atoms with Crippen LogP contribution in [0.2, 0.25) is 0 Å². The molecule has 0 unspecified atom stereocenters. The van der Waals surface area contributed by atoms with Crippen LogP contribution in [0.4, 0.5) is 5.13 Å². The number of amides is 1. The third kappa shape index (κ3) is 4.00. The molecule has 3 aromatic rings. The Balaban J connectivity index is 1.43. The van der Waals surface area contributed by atoms with Gasteiger partial charge in [-0.05, 0) is 29.8 Å². The largest absolute Gasteiger partial charge is 0.497 e. The molecular formula is C22H25N3O4S. The van der Waals surface area contributed by atoms with Gasteiger partial charge >= 0.3 is 0 Å². The zero-order valence-electron chi connectivity index (χ0n) is 17.4. The van der Waals surface area contributed by atoms with Gasteiger partial charge in [-0.25, -0.2) is 4.98 Å². The Bertz CT molecular complexity index is 1000. The topological polar surface area (TPSA) is 64.1 Å². The third-order valence-corrected chi connectivity index (χ3v) is 6.42. The molecule has 30 heavy (non-hydrogen) atoms. The predicted octanol–water partition coefficient (Wildman–Crippen LogP) is 3.21. The van der Waals surface area contributed by atoms with E-state index >= 15 is 0 Å². The van der Waals surface area contributed by atoms with Gasteiger partial charge in [-0.1, -0.05) is 23.5 Å². The van der Waals surface area contributed by atoms with Crippen molar-refractivity contribution in [2.24, 2.45) is 0 Å². The molecule has 1 aliphatic heterocycles. The maximum Gasteiger partial charge on any atom is 0.227 e. The van der Waals surface area contributed by atoms with Crippen molar-refractivity contribution in [1.29, 1.82) is 0 Å². The minimum atomic E-state index is 0.135. The van der Waals surface area contributed by atoms with Crippen LogP contribution in [0.1, 0.15) is 5.56 Å². The number of piperazine rings is 1. The molecule has 0 N–H and O–H groups in total. The van der Waals surface area contributed by atoms with Crippen molar-refractivity contribution in [3.05, 3.63) is 42.0 Å². The Morgan fingerprint density at radius 1 is 1.00 bits per heavy atom. The molecule has 158 valence electrons. The molecule has 7 nitrogen and oxygen atoms in total. The highest BCUT2D eigenvalue weighted by molar-refractivity contribution is 7.22. The summed E-state index contributed by atoms with van der Waals surface area (Å²) in [6.07, 6.45) is 0.382. The molecule has 0 radical (unpaired) electrons. The Labute approximate surface area is 179 Å². The van der Waals surface area contributed by atoms with E-state index < -0.39 is 0 Å². The van der Waals surface area contributed by atoms with Crippen molar-refractivity contribution >= 4 is 32.6 Å². The van der Waals surface area contributed by atoms with Crippen LogP contribution in [0.15, 0.2) is 36.4 Å². The Morgan fingerprint density at radius 2 is 1.73 bits per heavy atom. The number of methoxy groups -OCH3 is 3. The van der Waals surface area contributed by atoms with Crippen LogP contribution in [0.25, 0.3) is 10.2 Å². The SMILES string of the molecule is COc1cccc(CC(=O)N2CCN(c3nc4c(OC)ccc(OC)c4s3)CC2)c1. The summed E-state index contributed by atoms with van der Waals surface area (Å²) < 4.78 is 17.2. The van der Waals surface area contributed by atoms with Crippen LogP contribution in [-0.4, -0.2) is 63.3 Å². The first kappa shape index (κ1) is 20.3. The fourth-order valence-electron chi connectivity index (χ4n) is 3.63. The number of fused-ring (bicyclic) bond motifs is 1. The van der Waals surface area contributed by atoms with Crippen molar-refractivity contribution in [2.45, 2.75) is 6.42 Å². The van der Waals surface area contributed by atoms with Crippen molar-refractivity contribution in [3.8, 4) is 17.2 Å². The summed E-state index contributed by atoms with van der Waals surface area (Å²) in [5, 5.41) is 0.924. The lowest BCUT2D eigenvalue weighted by Gasteiger charge is -2.34. The Kier molecular flexibility index (Phi) is 5.94. The fourth-order valence-corrected chi connectivity index (χ4v) is 4.75. The van der Waals surface area contributed by atoms with E-state index in [1.165, 1.54) is 0 Å². The van der Waals surface area contributed by atoms with Gasteiger partial charge in [0.15, 0.2) is 5.13 Å². The molecule has 1 amide bonds. The van der Waals surface area contributed by atoms with E-state index in [0.717, 1.165) is 51.2 Å². The lowest BCUT2D eigenvalue weighted by Crippen LogP contribution is -2.49. The molecule has 2 aromatic carbocycles. The smallest absolute Gasteiger partial charge is 0.227 e. The highest BCUT2D eigenvalue weighted by Crippen LogP contribution is 2.40. The zero-order chi connectivity index (χ0) is 21.1. The van der Waals surface area contributed by atoms with E-state index in [2.05, 4.69) is 4.90 Å². The van der Waals surface area contributed by atoms with Gasteiger partial charge in [-0.2, -0.15) is 0 Å². The van der Waals surface area contributed by atoms with Crippen molar-refractivity contribution < 1.29 is 19.0 Å². The van der Waals surface area contributed by atoms with Crippen LogP contribution in [0.3, 0.4) is 0 Å². The van der Waals surface area contributed by atoms with Gasteiger partial charge < -0.3 is 24.0 Å². The number of carbonyl (C=O) groups excluding carboxylic acids is 1. The first-order valence-corrected chi connectivity index (χ1v) is 10.6. The molecule has 1 aliphatic rings. The van der Waals surface area contributed by atoms with Gasteiger partial charge in [0.25, 0.3) is 0 Å². The summed E-state index contributed by atoms with van der Waals surface area (Å²) in [4.78, 5) is 21.7. The summed E-state index contributed by atoms with van der Waals surface area (Å²) in [5.41, 5.74) is 1.78. The van der Waals surface area contributed by atoms with E-state index in [9.17, 15) is 4.79 Å². The number of hydrogen-bond acceptors (Lipinski definition) is 7. The van der Waals surface area contributed by atoms with Crippen molar-refractivity contribution in [3.63, 3.8) is 0 Å². The second-order valence-corrected chi connectivity index (χ2v) is 8.02. The number of nitrogens with zero attached hydrogens (tertiary/aromatic N) is 3. The van der Waals surface area contributed by atoms with E-state index in [-0.39, 0.29) is 5.91 Å². The molecule has 4 rings (SSSR count). The second kappa shape index (κ2) is 8.79. The summed E-state index contributed by atoms with van der Waals surface area (Å²) in [7, 11) is 4.94. The van der Waals surface area contributed by atoms with E-state index in [4.69, 9.17) is 19.2 Å². The van der Waals surface area contributed by atoms with Crippen molar-refractivity contribution in [1.82, 2.24) is 9.88 Å². The van der Waals surface area contributed by atoms with E-state index in [1.54, 1.807) is 32.7 Å². The zero-order valence-corrected chi connectivity index (χ0v) is 18.2. The number of carbonyl (C=O) groups is 1. The van der Waals surface area contributed by atoms with Gasteiger partial charge in [0, 0.05) is 26.2 Å². The molecule has 0 saturated carbocycles. The van der Waals surface area contributed by atoms with E-state index in [0.29, 0.717) is 19.5 Å². The molecule has 8 heteroatoms. The fraction of sp³-hybridized carbons (Fsp3) is 0.364. The van der Waals surface area contributed by atoms with Gasteiger partial charge in [0.2, 0.25) is 5.91 Å². The first-order valence-electron chi connectivity index (χ1n) is 9.80. The molecule has 0 spiro atoms. The lowest BCUT2D eigenvalue weighted by molar-refractivity contribution is -0.130.